The number of nitrogens with zero attached hydrogens (tertiary/aromatic N) is 1. The summed E-state index contributed by atoms with van der Waals surface area (Å²) in [5.74, 6) is 0. The predicted molar refractivity (Wildman–Crippen MR) is 96.1 cm³/mol. The van der Waals surface area contributed by atoms with E-state index in [-0.39, 0.29) is 11.5 Å². The molecule has 24 heavy (non-hydrogen) atoms. The summed E-state index contributed by atoms with van der Waals surface area (Å²) in [5.41, 5.74) is -0.140. The van der Waals surface area contributed by atoms with Gasteiger partial charge in [0.15, 0.2) is 0 Å². The number of amides is 1. The van der Waals surface area contributed by atoms with Gasteiger partial charge in [0.1, 0.15) is 5.60 Å². The SMILES string of the molecule is CC(C)(C)OC(=O)N1CCC(NCC2(CCO)CCCCC2)CC1. The van der Waals surface area contributed by atoms with Crippen LogP contribution >= 0.6 is 0 Å². The highest BCUT2D eigenvalue weighted by atomic mass is 16.6. The number of ether oxygens (including phenoxy) is 1. The Morgan fingerprint density at radius 3 is 2.38 bits per heavy atom. The first kappa shape index (κ1) is 19.5. The number of nitrogens with one attached hydrogen (secondary N) is 1. The highest BCUT2D eigenvalue weighted by Crippen LogP contribution is 2.38. The Morgan fingerprint density at radius 1 is 1.21 bits per heavy atom. The first-order valence-electron chi connectivity index (χ1n) is 9.66. The topological polar surface area (TPSA) is 61.8 Å². The maximum absolute atomic E-state index is 12.1. The van der Waals surface area contributed by atoms with Gasteiger partial charge in [-0.15, -0.1) is 0 Å². The number of aliphatic hydroxyl groups is 1. The summed E-state index contributed by atoms with van der Waals surface area (Å²) in [6.45, 7) is 8.54. The summed E-state index contributed by atoms with van der Waals surface area (Å²) in [6.07, 6.45) is 9.07. The van der Waals surface area contributed by atoms with E-state index < -0.39 is 5.60 Å². The van der Waals surface area contributed by atoms with Crippen molar-refractivity contribution in [3.63, 3.8) is 0 Å². The van der Waals surface area contributed by atoms with Gasteiger partial charge in [-0.1, -0.05) is 19.3 Å². The van der Waals surface area contributed by atoms with Crippen LogP contribution in [0.1, 0.15) is 72.1 Å². The van der Waals surface area contributed by atoms with Crippen LogP contribution in [0.3, 0.4) is 0 Å². The fourth-order valence-corrected chi connectivity index (χ4v) is 4.01. The molecule has 0 bridgehead atoms. The van der Waals surface area contributed by atoms with E-state index in [2.05, 4.69) is 5.32 Å². The Hall–Kier alpha value is -0.810. The Morgan fingerprint density at radius 2 is 1.83 bits per heavy atom. The molecule has 1 aliphatic carbocycles. The van der Waals surface area contributed by atoms with E-state index in [1.807, 2.05) is 25.7 Å². The molecule has 1 saturated carbocycles. The molecule has 0 aromatic heterocycles. The summed E-state index contributed by atoms with van der Waals surface area (Å²) < 4.78 is 5.45. The van der Waals surface area contributed by atoms with Gasteiger partial charge in [0.05, 0.1) is 0 Å². The van der Waals surface area contributed by atoms with Gasteiger partial charge in [-0.2, -0.15) is 0 Å². The highest BCUT2D eigenvalue weighted by Gasteiger charge is 2.33. The maximum Gasteiger partial charge on any atom is 0.410 e. The molecule has 0 aromatic rings. The lowest BCUT2D eigenvalue weighted by atomic mass is 9.71. The van der Waals surface area contributed by atoms with Gasteiger partial charge in [0, 0.05) is 32.3 Å². The summed E-state index contributed by atoms with van der Waals surface area (Å²) in [7, 11) is 0. The molecule has 0 atom stereocenters. The molecule has 1 amide bonds. The number of aliphatic hydroxyl groups excluding tert-OH is 1. The summed E-state index contributed by atoms with van der Waals surface area (Å²) in [6, 6.07) is 0.473. The van der Waals surface area contributed by atoms with Crippen molar-refractivity contribution in [2.24, 2.45) is 5.41 Å². The minimum Gasteiger partial charge on any atom is -0.444 e. The van der Waals surface area contributed by atoms with Gasteiger partial charge in [-0.3, -0.25) is 0 Å². The van der Waals surface area contributed by atoms with Crippen molar-refractivity contribution in [2.75, 3.05) is 26.2 Å². The smallest absolute Gasteiger partial charge is 0.410 e. The number of piperidine rings is 1. The second kappa shape index (κ2) is 8.52. The molecule has 5 nitrogen and oxygen atoms in total. The lowest BCUT2D eigenvalue weighted by Crippen LogP contribution is -2.49. The number of likely N-dealkylation sites (tertiary alicyclic amines) is 1. The van der Waals surface area contributed by atoms with Crippen LogP contribution in [0.2, 0.25) is 0 Å². The maximum atomic E-state index is 12.1. The average Bonchev–Trinajstić information content (AvgIpc) is 2.53. The summed E-state index contributed by atoms with van der Waals surface area (Å²) >= 11 is 0. The van der Waals surface area contributed by atoms with Gasteiger partial charge in [0.2, 0.25) is 0 Å². The molecular formula is C19H36N2O3. The largest absolute Gasteiger partial charge is 0.444 e. The van der Waals surface area contributed by atoms with Crippen LogP contribution in [0.4, 0.5) is 4.79 Å². The van der Waals surface area contributed by atoms with Crippen molar-refractivity contribution < 1.29 is 14.6 Å². The summed E-state index contributed by atoms with van der Waals surface area (Å²) in [4.78, 5) is 13.9. The fraction of sp³-hybridized carbons (Fsp3) is 0.947. The van der Waals surface area contributed by atoms with E-state index in [9.17, 15) is 9.90 Å². The third-order valence-electron chi connectivity index (χ3n) is 5.47. The molecular weight excluding hydrogens is 304 g/mol. The zero-order chi connectivity index (χ0) is 17.6. The minimum absolute atomic E-state index is 0.190. The van der Waals surface area contributed by atoms with Gasteiger partial charge in [-0.05, 0) is 58.3 Å². The van der Waals surface area contributed by atoms with Crippen molar-refractivity contribution in [1.82, 2.24) is 10.2 Å². The van der Waals surface area contributed by atoms with E-state index >= 15 is 0 Å². The first-order valence-corrected chi connectivity index (χ1v) is 9.66. The van der Waals surface area contributed by atoms with Crippen LogP contribution in [0.5, 0.6) is 0 Å². The van der Waals surface area contributed by atoms with Crippen molar-refractivity contribution in [3.8, 4) is 0 Å². The molecule has 2 fully saturated rings. The Kier molecular flexibility index (Phi) is 6.93. The second-order valence-corrected chi connectivity index (χ2v) is 8.66. The lowest BCUT2D eigenvalue weighted by molar-refractivity contribution is 0.0191. The second-order valence-electron chi connectivity index (χ2n) is 8.66. The lowest BCUT2D eigenvalue weighted by Gasteiger charge is -2.40. The Bertz CT molecular complexity index is 386. The van der Waals surface area contributed by atoms with Crippen LogP contribution in [0.15, 0.2) is 0 Å². The van der Waals surface area contributed by atoms with E-state index in [0.29, 0.717) is 12.6 Å². The molecule has 1 saturated heterocycles. The normalized spacial score (nSPS) is 22.4. The van der Waals surface area contributed by atoms with Crippen molar-refractivity contribution in [3.05, 3.63) is 0 Å². The van der Waals surface area contributed by atoms with Gasteiger partial charge in [0.25, 0.3) is 0 Å². The molecule has 2 rings (SSSR count). The Labute approximate surface area is 147 Å². The quantitative estimate of drug-likeness (QED) is 0.806. The molecule has 0 radical (unpaired) electrons. The van der Waals surface area contributed by atoms with Gasteiger partial charge >= 0.3 is 6.09 Å². The third-order valence-corrected chi connectivity index (χ3v) is 5.47. The molecule has 5 heteroatoms. The number of hydrogen-bond acceptors (Lipinski definition) is 4. The molecule has 0 spiro atoms. The minimum atomic E-state index is -0.427. The number of rotatable bonds is 5. The number of carbonyl (C=O) groups is 1. The van der Waals surface area contributed by atoms with Crippen molar-refractivity contribution >= 4 is 6.09 Å². The third kappa shape index (κ3) is 5.92. The van der Waals surface area contributed by atoms with Gasteiger partial charge in [-0.25, -0.2) is 4.79 Å². The average molecular weight is 341 g/mol. The number of carbonyl (C=O) groups excluding carboxylic acids is 1. The zero-order valence-corrected chi connectivity index (χ0v) is 15.8. The van der Waals surface area contributed by atoms with Crippen molar-refractivity contribution in [1.29, 1.82) is 0 Å². The highest BCUT2D eigenvalue weighted by molar-refractivity contribution is 5.68. The molecule has 0 aromatic carbocycles. The molecule has 0 unspecified atom stereocenters. The van der Waals surface area contributed by atoms with Gasteiger partial charge < -0.3 is 20.1 Å². The van der Waals surface area contributed by atoms with Crippen LogP contribution in [0.25, 0.3) is 0 Å². The molecule has 2 aliphatic rings. The van der Waals surface area contributed by atoms with Crippen LogP contribution in [0, 0.1) is 5.41 Å². The monoisotopic (exact) mass is 340 g/mol. The Balaban J connectivity index is 1.75. The van der Waals surface area contributed by atoms with E-state index in [1.165, 1.54) is 32.1 Å². The van der Waals surface area contributed by atoms with Crippen LogP contribution in [-0.2, 0) is 4.74 Å². The van der Waals surface area contributed by atoms with E-state index in [1.54, 1.807) is 0 Å². The molecule has 1 aliphatic heterocycles. The number of hydrogen-bond donors (Lipinski definition) is 2. The summed E-state index contributed by atoms with van der Waals surface area (Å²) in [5, 5.41) is 13.2. The van der Waals surface area contributed by atoms with Crippen LogP contribution < -0.4 is 5.32 Å². The van der Waals surface area contributed by atoms with E-state index in [0.717, 1.165) is 38.9 Å². The van der Waals surface area contributed by atoms with E-state index in [4.69, 9.17) is 4.74 Å². The zero-order valence-electron chi connectivity index (χ0n) is 15.8. The molecule has 140 valence electrons. The standard InChI is InChI=1S/C19H36N2O3/c1-18(2,3)24-17(23)21-12-7-16(8-13-21)20-15-19(11-14-22)9-5-4-6-10-19/h16,20,22H,4-15H2,1-3H3. The first-order chi connectivity index (χ1) is 11.3. The predicted octanol–water partition coefficient (Wildman–Crippen LogP) is 3.31. The molecule has 2 N–H and O–H groups in total. The fourth-order valence-electron chi connectivity index (χ4n) is 4.01. The molecule has 1 heterocycles. The van der Waals surface area contributed by atoms with Crippen molar-refractivity contribution in [2.45, 2.75) is 83.8 Å². The van der Waals surface area contributed by atoms with Crippen LogP contribution in [-0.4, -0.2) is 54.0 Å².